The van der Waals surface area contributed by atoms with E-state index in [2.05, 4.69) is 0 Å². The highest BCUT2D eigenvalue weighted by Gasteiger charge is 2.10. The molecule has 0 spiro atoms. The van der Waals surface area contributed by atoms with Crippen molar-refractivity contribution in [2.24, 2.45) is 0 Å². The van der Waals surface area contributed by atoms with Crippen LogP contribution in [-0.2, 0) is 25.0 Å². The number of benzene rings is 2. The van der Waals surface area contributed by atoms with Crippen molar-refractivity contribution in [3.05, 3.63) is 71.8 Å². The Hall–Kier alpha value is -2.91. The highest BCUT2D eigenvalue weighted by Crippen LogP contribution is 2.18. The fraction of sp³-hybridized carbons (Fsp3) is 0.190. The smallest absolute Gasteiger partial charge is 0.308 e. The van der Waals surface area contributed by atoms with Crippen molar-refractivity contribution >= 4 is 38.2 Å². The average molecular weight is 451 g/mol. The maximum Gasteiger partial charge on any atom is 0.308 e. The molecule has 2 rings (SSSR count). The topological polar surface area (TPSA) is 104 Å². The molecule has 0 fully saturated rings. The monoisotopic (exact) mass is 450 g/mol. The second kappa shape index (κ2) is 10.2. The summed E-state index contributed by atoms with van der Waals surface area (Å²) in [5.74, 6) is -0.267. The van der Waals surface area contributed by atoms with Gasteiger partial charge in [0.1, 0.15) is 11.5 Å². The van der Waals surface area contributed by atoms with Gasteiger partial charge in [-0.1, -0.05) is 36.4 Å². The number of hydrogen-bond acceptors (Lipinski definition) is 7. The molecule has 0 saturated carbocycles. The third-order valence-corrected chi connectivity index (χ3v) is 6.06. The molecule has 0 radical (unpaired) electrons. The molecule has 0 aliphatic rings. The minimum Gasteiger partial charge on any atom is -0.382 e. The zero-order chi connectivity index (χ0) is 22.2. The summed E-state index contributed by atoms with van der Waals surface area (Å²) in [4.78, 5) is 12.1. The average Bonchev–Trinajstić information content (AvgIpc) is 2.71. The zero-order valence-corrected chi connectivity index (χ0v) is 18.1. The maximum atomic E-state index is 12.1. The highest BCUT2D eigenvalue weighted by atomic mass is 32.2. The van der Waals surface area contributed by atoms with E-state index in [1.165, 1.54) is 62.4 Å². The third-order valence-electron chi connectivity index (χ3n) is 3.75. The van der Waals surface area contributed by atoms with Gasteiger partial charge < -0.3 is 8.37 Å². The molecule has 7 nitrogen and oxygen atoms in total. The van der Waals surface area contributed by atoms with Crippen molar-refractivity contribution in [2.45, 2.75) is 13.8 Å². The summed E-state index contributed by atoms with van der Waals surface area (Å²) in [5.41, 5.74) is 1.20. The van der Waals surface area contributed by atoms with E-state index in [1.54, 1.807) is 24.3 Å². The van der Waals surface area contributed by atoms with Crippen LogP contribution in [-0.4, -0.2) is 34.1 Å². The Bertz CT molecular complexity index is 1070. The Morgan fingerprint density at radius 3 is 1.53 bits per heavy atom. The van der Waals surface area contributed by atoms with E-state index in [1.807, 2.05) is 0 Å². The maximum absolute atomic E-state index is 12.1. The number of ketones is 1. The number of carbonyl (C=O) groups excluding carboxylic acids is 1. The minimum absolute atomic E-state index is 0.146. The van der Waals surface area contributed by atoms with Gasteiger partial charge >= 0.3 is 20.2 Å². The second-order valence-corrected chi connectivity index (χ2v) is 9.79. The number of allylic oxidation sites excluding steroid dienone is 2. The van der Waals surface area contributed by atoms with Gasteiger partial charge in [0.2, 0.25) is 0 Å². The van der Waals surface area contributed by atoms with Gasteiger partial charge in [-0.3, -0.25) is 4.79 Å². The SMILES string of the molecule is CCS(=O)(=O)Oc1cccc(C=CC(=O)C=Cc2cccc(OS(=O)(=O)CC)c2)c1. The summed E-state index contributed by atoms with van der Waals surface area (Å²) in [6, 6.07) is 12.7. The zero-order valence-electron chi connectivity index (χ0n) is 16.5. The van der Waals surface area contributed by atoms with E-state index in [0.717, 1.165) is 0 Å². The second-order valence-electron chi connectivity index (χ2n) is 6.07. The van der Waals surface area contributed by atoms with Crippen molar-refractivity contribution in [1.29, 1.82) is 0 Å². The molecule has 0 aliphatic heterocycles. The van der Waals surface area contributed by atoms with Crippen LogP contribution in [0.2, 0.25) is 0 Å². The summed E-state index contributed by atoms with van der Waals surface area (Å²) in [7, 11) is -7.25. The quantitative estimate of drug-likeness (QED) is 0.403. The molecule has 30 heavy (non-hydrogen) atoms. The van der Waals surface area contributed by atoms with Crippen LogP contribution in [0.1, 0.15) is 25.0 Å². The van der Waals surface area contributed by atoms with Crippen molar-refractivity contribution < 1.29 is 30.0 Å². The Morgan fingerprint density at radius 2 is 1.17 bits per heavy atom. The Labute approximate surface area is 176 Å². The molecular formula is C21H22O7S2. The lowest BCUT2D eigenvalue weighted by molar-refractivity contribution is -0.110. The van der Waals surface area contributed by atoms with Crippen LogP contribution in [0.4, 0.5) is 0 Å². The normalized spacial score (nSPS) is 12.3. The predicted molar refractivity (Wildman–Crippen MR) is 116 cm³/mol. The molecule has 0 aliphatic carbocycles. The first-order valence-electron chi connectivity index (χ1n) is 9.07. The van der Waals surface area contributed by atoms with E-state index >= 15 is 0 Å². The first-order valence-corrected chi connectivity index (χ1v) is 12.2. The predicted octanol–water partition coefficient (Wildman–Crippen LogP) is 3.44. The van der Waals surface area contributed by atoms with Crippen LogP contribution in [0.25, 0.3) is 12.2 Å². The summed E-state index contributed by atoms with van der Waals surface area (Å²) in [6.07, 6.45) is 5.72. The van der Waals surface area contributed by atoms with E-state index in [0.29, 0.717) is 11.1 Å². The van der Waals surface area contributed by atoms with E-state index < -0.39 is 20.2 Å². The van der Waals surface area contributed by atoms with E-state index in [9.17, 15) is 21.6 Å². The molecule has 2 aromatic rings. The van der Waals surface area contributed by atoms with E-state index in [4.69, 9.17) is 8.37 Å². The lowest BCUT2D eigenvalue weighted by Crippen LogP contribution is -2.11. The summed E-state index contributed by atoms with van der Waals surface area (Å²) in [5, 5.41) is 0. The van der Waals surface area contributed by atoms with Crippen LogP contribution in [0, 0.1) is 0 Å². The van der Waals surface area contributed by atoms with Crippen LogP contribution >= 0.6 is 0 Å². The largest absolute Gasteiger partial charge is 0.382 e. The molecule has 0 heterocycles. The molecule has 0 saturated heterocycles. The first kappa shape index (κ1) is 23.4. The van der Waals surface area contributed by atoms with Gasteiger partial charge in [-0.25, -0.2) is 0 Å². The van der Waals surface area contributed by atoms with Gasteiger partial charge in [0.25, 0.3) is 0 Å². The van der Waals surface area contributed by atoms with Gasteiger partial charge in [0.15, 0.2) is 5.78 Å². The number of carbonyl (C=O) groups is 1. The third kappa shape index (κ3) is 7.84. The summed E-state index contributed by atoms with van der Waals surface area (Å²) < 4.78 is 56.0. The molecule has 0 amide bonds. The van der Waals surface area contributed by atoms with Gasteiger partial charge in [-0.15, -0.1) is 0 Å². The minimum atomic E-state index is -3.63. The lowest BCUT2D eigenvalue weighted by atomic mass is 10.1. The van der Waals surface area contributed by atoms with Crippen LogP contribution in [0.15, 0.2) is 60.7 Å². The Balaban J connectivity index is 2.05. The highest BCUT2D eigenvalue weighted by molar-refractivity contribution is 7.87. The summed E-state index contributed by atoms with van der Waals surface area (Å²) >= 11 is 0. The van der Waals surface area contributed by atoms with Gasteiger partial charge in [0, 0.05) is 0 Å². The van der Waals surface area contributed by atoms with Crippen molar-refractivity contribution in [2.75, 3.05) is 11.5 Å². The first-order chi connectivity index (χ1) is 14.1. The van der Waals surface area contributed by atoms with Crippen molar-refractivity contribution in [3.8, 4) is 11.5 Å². The number of rotatable bonds is 10. The molecule has 9 heteroatoms. The van der Waals surface area contributed by atoms with Crippen LogP contribution < -0.4 is 8.37 Å². The fourth-order valence-corrected chi connectivity index (χ4v) is 3.19. The van der Waals surface area contributed by atoms with Gasteiger partial charge in [-0.2, -0.15) is 16.8 Å². The molecule has 0 unspecified atom stereocenters. The van der Waals surface area contributed by atoms with Crippen LogP contribution in [0.3, 0.4) is 0 Å². The Morgan fingerprint density at radius 1 is 0.767 bits per heavy atom. The molecule has 160 valence electrons. The molecule has 0 atom stereocenters. The van der Waals surface area contributed by atoms with E-state index in [-0.39, 0.29) is 28.8 Å². The molecule has 0 bridgehead atoms. The molecular weight excluding hydrogens is 428 g/mol. The van der Waals surface area contributed by atoms with Crippen molar-refractivity contribution in [3.63, 3.8) is 0 Å². The molecule has 0 aromatic heterocycles. The molecule has 0 N–H and O–H groups in total. The lowest BCUT2D eigenvalue weighted by Gasteiger charge is -2.05. The number of hydrogen-bond donors (Lipinski definition) is 0. The fourth-order valence-electron chi connectivity index (χ4n) is 2.16. The van der Waals surface area contributed by atoms with Gasteiger partial charge in [-0.05, 0) is 61.4 Å². The Kier molecular flexibility index (Phi) is 7.96. The summed E-state index contributed by atoms with van der Waals surface area (Å²) in [6.45, 7) is 2.96. The van der Waals surface area contributed by atoms with Crippen LogP contribution in [0.5, 0.6) is 11.5 Å². The molecule has 2 aromatic carbocycles. The standard InChI is InChI=1S/C21H22O7S2/c1-3-29(23,24)27-20-9-5-7-17(15-20)11-13-19(22)14-12-18-8-6-10-21(16-18)28-30(25,26)4-2/h5-16H,3-4H2,1-2H3. The van der Waals surface area contributed by atoms with Crippen molar-refractivity contribution in [1.82, 2.24) is 0 Å². The van der Waals surface area contributed by atoms with Gasteiger partial charge in [0.05, 0.1) is 11.5 Å².